The van der Waals surface area contributed by atoms with Crippen LogP contribution in [0, 0.1) is 5.92 Å². The zero-order valence-corrected chi connectivity index (χ0v) is 11.2. The molecular weight excluding hydrogens is 200 g/mol. The third kappa shape index (κ3) is 3.44. The molecule has 0 radical (unpaired) electrons. The van der Waals surface area contributed by atoms with Crippen molar-refractivity contribution in [2.24, 2.45) is 5.92 Å². The van der Waals surface area contributed by atoms with Crippen molar-refractivity contribution in [1.82, 2.24) is 10.2 Å². The molecule has 1 aliphatic heterocycles. The largest absolute Gasteiger partial charge is 0.392 e. The van der Waals surface area contributed by atoms with E-state index in [1.54, 1.807) is 0 Å². The normalized spacial score (nSPS) is 31.3. The molecule has 0 amide bonds. The lowest BCUT2D eigenvalue weighted by Crippen LogP contribution is -2.53. The minimum atomic E-state index is -0.229. The highest BCUT2D eigenvalue weighted by molar-refractivity contribution is 4.87. The van der Waals surface area contributed by atoms with Gasteiger partial charge in [0, 0.05) is 25.2 Å². The van der Waals surface area contributed by atoms with Crippen molar-refractivity contribution in [2.75, 3.05) is 19.6 Å². The van der Waals surface area contributed by atoms with Gasteiger partial charge in [-0.05, 0) is 32.7 Å². The standard InChI is InChI=1S/C13H28N2O/c1-5-12-9-15(10(3)11(4)16)8-7-13(12)14-6-2/h10-14,16H,5-9H2,1-4H3. The van der Waals surface area contributed by atoms with Crippen LogP contribution in [-0.4, -0.2) is 47.8 Å². The number of nitrogens with zero attached hydrogens (tertiary/aromatic N) is 1. The van der Waals surface area contributed by atoms with Crippen LogP contribution < -0.4 is 5.32 Å². The van der Waals surface area contributed by atoms with Gasteiger partial charge in [-0.2, -0.15) is 0 Å². The zero-order valence-electron chi connectivity index (χ0n) is 11.2. The Morgan fingerprint density at radius 3 is 2.56 bits per heavy atom. The van der Waals surface area contributed by atoms with Crippen molar-refractivity contribution < 1.29 is 5.11 Å². The molecule has 0 aromatic carbocycles. The number of aliphatic hydroxyl groups excluding tert-OH is 1. The summed E-state index contributed by atoms with van der Waals surface area (Å²) in [7, 11) is 0. The maximum absolute atomic E-state index is 9.64. The van der Waals surface area contributed by atoms with E-state index in [2.05, 4.69) is 31.0 Å². The molecule has 96 valence electrons. The molecule has 0 aromatic rings. The van der Waals surface area contributed by atoms with Crippen LogP contribution in [0.2, 0.25) is 0 Å². The third-order valence-electron chi connectivity index (χ3n) is 4.03. The highest BCUT2D eigenvalue weighted by Crippen LogP contribution is 2.22. The van der Waals surface area contributed by atoms with Gasteiger partial charge in [0.05, 0.1) is 6.10 Å². The maximum atomic E-state index is 9.64. The lowest BCUT2D eigenvalue weighted by Gasteiger charge is -2.42. The predicted octanol–water partition coefficient (Wildman–Crippen LogP) is 1.47. The molecule has 4 unspecified atom stereocenters. The van der Waals surface area contributed by atoms with Gasteiger partial charge in [0.15, 0.2) is 0 Å². The van der Waals surface area contributed by atoms with E-state index >= 15 is 0 Å². The zero-order chi connectivity index (χ0) is 12.1. The molecule has 0 spiro atoms. The van der Waals surface area contributed by atoms with Gasteiger partial charge in [0.1, 0.15) is 0 Å². The first-order valence-electron chi connectivity index (χ1n) is 6.75. The second kappa shape index (κ2) is 6.58. The Morgan fingerprint density at radius 2 is 2.06 bits per heavy atom. The first kappa shape index (κ1) is 13.9. The predicted molar refractivity (Wildman–Crippen MR) is 68.6 cm³/mol. The fourth-order valence-electron chi connectivity index (χ4n) is 2.68. The maximum Gasteiger partial charge on any atom is 0.0664 e. The highest BCUT2D eigenvalue weighted by atomic mass is 16.3. The number of nitrogens with one attached hydrogen (secondary N) is 1. The van der Waals surface area contributed by atoms with E-state index in [0.717, 1.165) is 25.6 Å². The quantitative estimate of drug-likeness (QED) is 0.748. The van der Waals surface area contributed by atoms with Crippen LogP contribution in [-0.2, 0) is 0 Å². The average molecular weight is 228 g/mol. The topological polar surface area (TPSA) is 35.5 Å². The molecule has 1 saturated heterocycles. The molecule has 0 saturated carbocycles. The molecule has 0 aromatic heterocycles. The fourth-order valence-corrected chi connectivity index (χ4v) is 2.68. The van der Waals surface area contributed by atoms with Crippen molar-refractivity contribution in [2.45, 2.75) is 58.7 Å². The Bertz CT molecular complexity index is 196. The number of piperidine rings is 1. The molecule has 1 heterocycles. The smallest absolute Gasteiger partial charge is 0.0664 e. The van der Waals surface area contributed by atoms with E-state index in [4.69, 9.17) is 0 Å². The van der Waals surface area contributed by atoms with Crippen LogP contribution in [0.5, 0.6) is 0 Å². The van der Waals surface area contributed by atoms with Crippen LogP contribution in [0.4, 0.5) is 0 Å². The summed E-state index contributed by atoms with van der Waals surface area (Å²) in [5, 5.41) is 13.2. The van der Waals surface area contributed by atoms with Crippen molar-refractivity contribution in [1.29, 1.82) is 0 Å². The lowest BCUT2D eigenvalue weighted by atomic mass is 9.88. The van der Waals surface area contributed by atoms with Crippen molar-refractivity contribution in [3.8, 4) is 0 Å². The first-order chi connectivity index (χ1) is 7.60. The Morgan fingerprint density at radius 1 is 1.38 bits per heavy atom. The monoisotopic (exact) mass is 228 g/mol. The molecule has 1 fully saturated rings. The van der Waals surface area contributed by atoms with Gasteiger partial charge < -0.3 is 10.4 Å². The Kier molecular flexibility index (Phi) is 5.73. The van der Waals surface area contributed by atoms with Crippen molar-refractivity contribution >= 4 is 0 Å². The van der Waals surface area contributed by atoms with Gasteiger partial charge in [-0.3, -0.25) is 4.90 Å². The summed E-state index contributed by atoms with van der Waals surface area (Å²) in [5.41, 5.74) is 0. The fraction of sp³-hybridized carbons (Fsp3) is 1.00. The molecular formula is C13H28N2O. The van der Waals surface area contributed by atoms with Crippen molar-refractivity contribution in [3.63, 3.8) is 0 Å². The van der Waals surface area contributed by atoms with E-state index < -0.39 is 0 Å². The number of aliphatic hydroxyl groups is 1. The highest BCUT2D eigenvalue weighted by Gasteiger charge is 2.30. The second-order valence-corrected chi connectivity index (χ2v) is 5.10. The van der Waals surface area contributed by atoms with Gasteiger partial charge in [-0.1, -0.05) is 20.3 Å². The number of likely N-dealkylation sites (tertiary alicyclic amines) is 1. The third-order valence-corrected chi connectivity index (χ3v) is 4.03. The molecule has 2 N–H and O–H groups in total. The summed E-state index contributed by atoms with van der Waals surface area (Å²) in [6.45, 7) is 11.8. The first-order valence-corrected chi connectivity index (χ1v) is 6.75. The van der Waals surface area contributed by atoms with Gasteiger partial charge in [-0.25, -0.2) is 0 Å². The van der Waals surface area contributed by atoms with Crippen LogP contribution in [0.25, 0.3) is 0 Å². The molecule has 4 atom stereocenters. The summed E-state index contributed by atoms with van der Waals surface area (Å²) >= 11 is 0. The summed E-state index contributed by atoms with van der Waals surface area (Å²) in [6.07, 6.45) is 2.21. The van der Waals surface area contributed by atoms with Crippen LogP contribution in [0.3, 0.4) is 0 Å². The van der Waals surface area contributed by atoms with Crippen LogP contribution >= 0.6 is 0 Å². The SMILES string of the molecule is CCNC1CCN(C(C)C(C)O)CC1CC. The second-order valence-electron chi connectivity index (χ2n) is 5.10. The van der Waals surface area contributed by atoms with Gasteiger partial charge in [0.25, 0.3) is 0 Å². The number of rotatable bonds is 5. The number of hydrogen-bond donors (Lipinski definition) is 2. The van der Waals surface area contributed by atoms with Crippen LogP contribution in [0.1, 0.15) is 40.5 Å². The van der Waals surface area contributed by atoms with E-state index in [9.17, 15) is 5.11 Å². The lowest BCUT2D eigenvalue weighted by molar-refractivity contribution is 0.0320. The Hall–Kier alpha value is -0.120. The summed E-state index contributed by atoms with van der Waals surface area (Å²) in [5.74, 6) is 0.731. The van der Waals surface area contributed by atoms with Gasteiger partial charge in [-0.15, -0.1) is 0 Å². The van der Waals surface area contributed by atoms with E-state index in [1.165, 1.54) is 12.8 Å². The Balaban J connectivity index is 2.51. The molecule has 3 heteroatoms. The molecule has 3 nitrogen and oxygen atoms in total. The minimum Gasteiger partial charge on any atom is -0.392 e. The molecule has 0 bridgehead atoms. The van der Waals surface area contributed by atoms with Gasteiger partial charge in [0.2, 0.25) is 0 Å². The summed E-state index contributed by atoms with van der Waals surface area (Å²) in [4.78, 5) is 2.44. The molecule has 1 aliphatic rings. The van der Waals surface area contributed by atoms with E-state index in [1.807, 2.05) is 6.92 Å². The van der Waals surface area contributed by atoms with Gasteiger partial charge >= 0.3 is 0 Å². The molecule has 0 aliphatic carbocycles. The van der Waals surface area contributed by atoms with Crippen molar-refractivity contribution in [3.05, 3.63) is 0 Å². The Labute approximate surface area is 100 Å². The van der Waals surface area contributed by atoms with E-state index in [0.29, 0.717) is 6.04 Å². The molecule has 1 rings (SSSR count). The van der Waals surface area contributed by atoms with E-state index in [-0.39, 0.29) is 12.1 Å². The summed E-state index contributed by atoms with van der Waals surface area (Å²) in [6, 6.07) is 0.962. The minimum absolute atomic E-state index is 0.229. The number of hydrogen-bond acceptors (Lipinski definition) is 3. The molecule has 16 heavy (non-hydrogen) atoms. The average Bonchev–Trinajstić information content (AvgIpc) is 2.29. The summed E-state index contributed by atoms with van der Waals surface area (Å²) < 4.78 is 0. The van der Waals surface area contributed by atoms with Crippen LogP contribution in [0.15, 0.2) is 0 Å².